The van der Waals surface area contributed by atoms with E-state index in [1.54, 1.807) is 45.0 Å². The standard InChI is InChI=1S/C19H28N2O5/c1-5-6-11-26-14-9-7-13(8-10-14)20-18(25)21-15(17(23)24)12-16(22)19(2,3)4/h7-10,15H,5-6,11-12H2,1-4H3,(H,23,24)(H2,20,21,25). The van der Waals surface area contributed by atoms with Crippen LogP contribution in [0.4, 0.5) is 10.5 Å². The number of ketones is 1. The van der Waals surface area contributed by atoms with Gasteiger partial charge in [0, 0.05) is 17.5 Å². The highest BCUT2D eigenvalue weighted by atomic mass is 16.5. The first-order valence-electron chi connectivity index (χ1n) is 8.70. The Kier molecular flexibility index (Phi) is 8.09. The van der Waals surface area contributed by atoms with E-state index in [0.29, 0.717) is 18.0 Å². The van der Waals surface area contributed by atoms with Crippen molar-refractivity contribution in [2.45, 2.75) is 53.0 Å². The fourth-order valence-corrected chi connectivity index (χ4v) is 1.99. The summed E-state index contributed by atoms with van der Waals surface area (Å²) in [6, 6.07) is 4.82. The minimum atomic E-state index is -1.28. The molecule has 0 aromatic heterocycles. The van der Waals surface area contributed by atoms with E-state index in [4.69, 9.17) is 4.74 Å². The summed E-state index contributed by atoms with van der Waals surface area (Å²) in [5.74, 6) is -0.792. The predicted molar refractivity (Wildman–Crippen MR) is 99.5 cm³/mol. The first kappa shape index (κ1) is 21.5. The second-order valence-corrected chi connectivity index (χ2v) is 7.09. The van der Waals surface area contributed by atoms with Gasteiger partial charge in [0.25, 0.3) is 0 Å². The molecule has 0 radical (unpaired) electrons. The second-order valence-electron chi connectivity index (χ2n) is 7.09. The van der Waals surface area contributed by atoms with E-state index in [1.165, 1.54) is 0 Å². The summed E-state index contributed by atoms with van der Waals surface area (Å²) in [7, 11) is 0. The van der Waals surface area contributed by atoms with Gasteiger partial charge in [0.05, 0.1) is 6.61 Å². The molecular weight excluding hydrogens is 336 g/mol. The van der Waals surface area contributed by atoms with Crippen molar-refractivity contribution in [1.29, 1.82) is 0 Å². The van der Waals surface area contributed by atoms with Crippen LogP contribution in [0.1, 0.15) is 47.0 Å². The normalized spacial score (nSPS) is 12.2. The number of nitrogens with one attached hydrogen (secondary N) is 2. The van der Waals surface area contributed by atoms with Gasteiger partial charge in [-0.1, -0.05) is 34.1 Å². The van der Waals surface area contributed by atoms with Crippen LogP contribution in [0.2, 0.25) is 0 Å². The van der Waals surface area contributed by atoms with Crippen LogP contribution < -0.4 is 15.4 Å². The first-order valence-corrected chi connectivity index (χ1v) is 8.70. The van der Waals surface area contributed by atoms with Crippen molar-refractivity contribution in [3.05, 3.63) is 24.3 Å². The molecule has 0 fully saturated rings. The molecule has 0 spiro atoms. The van der Waals surface area contributed by atoms with Gasteiger partial charge >= 0.3 is 12.0 Å². The monoisotopic (exact) mass is 364 g/mol. The molecular formula is C19H28N2O5. The highest BCUT2D eigenvalue weighted by Crippen LogP contribution is 2.18. The average Bonchev–Trinajstić information content (AvgIpc) is 2.55. The molecule has 0 saturated carbocycles. The third-order valence-corrected chi connectivity index (χ3v) is 3.71. The van der Waals surface area contributed by atoms with E-state index in [0.717, 1.165) is 12.8 Å². The highest BCUT2D eigenvalue weighted by Gasteiger charge is 2.29. The molecule has 1 rings (SSSR count). The summed E-state index contributed by atoms with van der Waals surface area (Å²) in [4.78, 5) is 35.4. The molecule has 0 saturated heterocycles. The van der Waals surface area contributed by atoms with Crippen LogP contribution in [0.5, 0.6) is 5.75 Å². The fraction of sp³-hybridized carbons (Fsp3) is 0.526. The molecule has 144 valence electrons. The molecule has 0 aliphatic carbocycles. The molecule has 1 atom stereocenters. The van der Waals surface area contributed by atoms with Crippen LogP contribution in [-0.2, 0) is 9.59 Å². The van der Waals surface area contributed by atoms with Crippen molar-refractivity contribution in [3.63, 3.8) is 0 Å². The Labute approximate surface area is 154 Å². The van der Waals surface area contributed by atoms with E-state index in [-0.39, 0.29) is 12.2 Å². The summed E-state index contributed by atoms with van der Waals surface area (Å²) in [5, 5.41) is 14.1. The van der Waals surface area contributed by atoms with Gasteiger partial charge in [0.15, 0.2) is 0 Å². The fourth-order valence-electron chi connectivity index (χ4n) is 1.99. The van der Waals surface area contributed by atoms with Gasteiger partial charge in [-0.3, -0.25) is 4.79 Å². The number of carboxylic acids is 1. The van der Waals surface area contributed by atoms with Gasteiger partial charge in [-0.05, 0) is 30.7 Å². The van der Waals surface area contributed by atoms with E-state index >= 15 is 0 Å². The number of hydrogen-bond acceptors (Lipinski definition) is 4. The Morgan fingerprint density at radius 3 is 2.27 bits per heavy atom. The van der Waals surface area contributed by atoms with Crippen molar-refractivity contribution in [2.24, 2.45) is 5.41 Å². The summed E-state index contributed by atoms with van der Waals surface area (Å²) < 4.78 is 5.53. The smallest absolute Gasteiger partial charge is 0.326 e. The number of hydrogen-bond donors (Lipinski definition) is 3. The van der Waals surface area contributed by atoms with Gasteiger partial charge in [0.2, 0.25) is 0 Å². The number of amides is 2. The molecule has 1 aromatic rings. The molecule has 0 aliphatic rings. The lowest BCUT2D eigenvalue weighted by Crippen LogP contribution is -2.45. The number of carboxylic acid groups (broad SMARTS) is 1. The topological polar surface area (TPSA) is 105 Å². The van der Waals surface area contributed by atoms with E-state index < -0.39 is 23.5 Å². The summed E-state index contributed by atoms with van der Waals surface area (Å²) in [6.07, 6.45) is 1.74. The number of anilines is 1. The number of urea groups is 1. The van der Waals surface area contributed by atoms with Crippen molar-refractivity contribution in [1.82, 2.24) is 5.32 Å². The van der Waals surface area contributed by atoms with Crippen LogP contribution >= 0.6 is 0 Å². The molecule has 0 heterocycles. The zero-order chi connectivity index (χ0) is 19.7. The predicted octanol–water partition coefficient (Wildman–Crippen LogP) is 3.45. The zero-order valence-corrected chi connectivity index (χ0v) is 15.8. The number of unbranched alkanes of at least 4 members (excludes halogenated alkanes) is 1. The molecule has 7 nitrogen and oxygen atoms in total. The molecule has 7 heteroatoms. The Hall–Kier alpha value is -2.57. The van der Waals surface area contributed by atoms with E-state index in [1.807, 2.05) is 0 Å². The Morgan fingerprint density at radius 1 is 1.15 bits per heavy atom. The van der Waals surface area contributed by atoms with Crippen LogP contribution in [0.25, 0.3) is 0 Å². The molecule has 0 aliphatic heterocycles. The SMILES string of the molecule is CCCCOc1ccc(NC(=O)NC(CC(=O)C(C)(C)C)C(=O)O)cc1. The summed E-state index contributed by atoms with van der Waals surface area (Å²) in [6.45, 7) is 7.83. The molecule has 2 amide bonds. The number of ether oxygens (including phenoxy) is 1. The minimum Gasteiger partial charge on any atom is -0.494 e. The van der Waals surface area contributed by atoms with Gasteiger partial charge in [0.1, 0.15) is 17.6 Å². The quantitative estimate of drug-likeness (QED) is 0.582. The van der Waals surface area contributed by atoms with Crippen LogP contribution in [-0.4, -0.2) is 35.5 Å². The summed E-state index contributed by atoms with van der Waals surface area (Å²) in [5.41, 5.74) is -0.170. The number of Topliss-reactive ketones (excluding diaryl/α,β-unsaturated/α-hetero) is 1. The number of benzene rings is 1. The maximum absolute atomic E-state index is 12.0. The lowest BCUT2D eigenvalue weighted by atomic mass is 9.87. The van der Waals surface area contributed by atoms with Crippen molar-refractivity contribution < 1.29 is 24.2 Å². The molecule has 1 aromatic carbocycles. The van der Waals surface area contributed by atoms with Gasteiger partial charge in [-0.25, -0.2) is 9.59 Å². The van der Waals surface area contributed by atoms with Crippen LogP contribution in [0.15, 0.2) is 24.3 Å². The van der Waals surface area contributed by atoms with Crippen molar-refractivity contribution in [3.8, 4) is 5.75 Å². The molecule has 0 bridgehead atoms. The van der Waals surface area contributed by atoms with Crippen molar-refractivity contribution >= 4 is 23.5 Å². The number of rotatable bonds is 9. The largest absolute Gasteiger partial charge is 0.494 e. The zero-order valence-electron chi connectivity index (χ0n) is 15.8. The first-order chi connectivity index (χ1) is 12.1. The Morgan fingerprint density at radius 2 is 1.77 bits per heavy atom. The average molecular weight is 364 g/mol. The third kappa shape index (κ3) is 7.55. The van der Waals surface area contributed by atoms with Gasteiger partial charge < -0.3 is 20.5 Å². The lowest BCUT2D eigenvalue weighted by Gasteiger charge is -2.20. The van der Waals surface area contributed by atoms with Crippen LogP contribution in [0, 0.1) is 5.41 Å². The maximum atomic E-state index is 12.0. The number of aliphatic carboxylic acids is 1. The van der Waals surface area contributed by atoms with E-state index in [9.17, 15) is 19.5 Å². The Balaban J connectivity index is 2.60. The van der Waals surface area contributed by atoms with Crippen LogP contribution in [0.3, 0.4) is 0 Å². The Bertz CT molecular complexity index is 620. The van der Waals surface area contributed by atoms with Crippen molar-refractivity contribution in [2.75, 3.05) is 11.9 Å². The lowest BCUT2D eigenvalue weighted by molar-refractivity contribution is -0.141. The van der Waals surface area contributed by atoms with E-state index in [2.05, 4.69) is 17.6 Å². The van der Waals surface area contributed by atoms with Gasteiger partial charge in [-0.15, -0.1) is 0 Å². The third-order valence-electron chi connectivity index (χ3n) is 3.71. The minimum absolute atomic E-state index is 0.237. The van der Waals surface area contributed by atoms with Gasteiger partial charge in [-0.2, -0.15) is 0 Å². The maximum Gasteiger partial charge on any atom is 0.326 e. The second kappa shape index (κ2) is 9.79. The summed E-state index contributed by atoms with van der Waals surface area (Å²) >= 11 is 0. The molecule has 3 N–H and O–H groups in total. The number of carbonyl (C=O) groups excluding carboxylic acids is 2. The number of carbonyl (C=O) groups is 3. The highest BCUT2D eigenvalue weighted by molar-refractivity contribution is 5.95. The molecule has 26 heavy (non-hydrogen) atoms. The molecule has 1 unspecified atom stereocenters.